The molecule has 0 spiro atoms. The smallest absolute Gasteiger partial charge is 0.264 e. The Hall–Kier alpha value is -1.74. The van der Waals surface area contributed by atoms with E-state index in [4.69, 9.17) is 0 Å². The monoisotopic (exact) mass is 414 g/mol. The Kier molecular flexibility index (Phi) is 4.73. The third-order valence-corrected chi connectivity index (χ3v) is 4.68. The fraction of sp³-hybridized carbons (Fsp3) is 0. The molecule has 2 aromatic rings. The molecule has 7 heteroatoms. The quantitative estimate of drug-likeness (QED) is 0.775. The fourth-order valence-electron chi connectivity index (χ4n) is 1.54. The average molecular weight is 414 g/mol. The van der Waals surface area contributed by atoms with Crippen molar-refractivity contribution in [2.45, 2.75) is 4.90 Å². The molecule has 0 bridgehead atoms. The maximum atomic E-state index is 12.1. The van der Waals surface area contributed by atoms with E-state index in [-0.39, 0.29) is 16.0 Å². The number of hydrogen-bond donors (Lipinski definition) is 1. The lowest BCUT2D eigenvalue weighted by atomic mass is 10.1. The molecular formula is C14H9INO4S. The van der Waals surface area contributed by atoms with Crippen LogP contribution in [0.1, 0.15) is 15.9 Å². The second-order valence-electron chi connectivity index (χ2n) is 4.07. The van der Waals surface area contributed by atoms with Crippen LogP contribution in [0, 0.1) is 3.57 Å². The zero-order chi connectivity index (χ0) is 15.5. The number of carbonyl (C=O) groups excluding carboxylic acids is 2. The molecule has 2 aromatic carbocycles. The molecule has 0 saturated carbocycles. The first kappa shape index (κ1) is 15.6. The molecule has 1 amide bonds. The molecule has 0 aliphatic rings. The topological polar surface area (TPSA) is 80.3 Å². The van der Waals surface area contributed by atoms with Crippen molar-refractivity contribution in [2.24, 2.45) is 0 Å². The van der Waals surface area contributed by atoms with Crippen molar-refractivity contribution in [1.29, 1.82) is 0 Å². The predicted octanol–water partition coefficient (Wildman–Crippen LogP) is 1.87. The molecule has 0 unspecified atom stereocenters. The van der Waals surface area contributed by atoms with Crippen molar-refractivity contribution < 1.29 is 18.0 Å². The molecule has 0 fully saturated rings. The summed E-state index contributed by atoms with van der Waals surface area (Å²) >= 11 is 2.05. The van der Waals surface area contributed by atoms with Gasteiger partial charge in [-0.25, -0.2) is 13.1 Å². The van der Waals surface area contributed by atoms with Gasteiger partial charge >= 0.3 is 0 Å². The number of hydrogen-bond acceptors (Lipinski definition) is 4. The van der Waals surface area contributed by atoms with E-state index in [1.165, 1.54) is 36.4 Å². The molecule has 21 heavy (non-hydrogen) atoms. The van der Waals surface area contributed by atoms with Crippen LogP contribution in [0.2, 0.25) is 0 Å². The summed E-state index contributed by atoms with van der Waals surface area (Å²) in [5.41, 5.74) is 0.426. The Labute approximate surface area is 135 Å². The molecule has 0 atom stereocenters. The first-order valence-corrected chi connectivity index (χ1v) is 8.29. The highest BCUT2D eigenvalue weighted by Gasteiger charge is 2.18. The van der Waals surface area contributed by atoms with Crippen molar-refractivity contribution in [3.63, 3.8) is 0 Å². The number of carbonyl (C=O) groups is 1. The number of nitrogens with one attached hydrogen (secondary N) is 1. The molecule has 0 heterocycles. The predicted molar refractivity (Wildman–Crippen MR) is 85.0 cm³/mol. The van der Waals surface area contributed by atoms with Gasteiger partial charge in [-0.15, -0.1) is 0 Å². The SMILES string of the molecule is O=[C]c1ccc(C(=O)NS(=O)(=O)c2ccc(I)cc2)cc1. The van der Waals surface area contributed by atoms with Crippen molar-refractivity contribution in [1.82, 2.24) is 4.72 Å². The van der Waals surface area contributed by atoms with Crippen molar-refractivity contribution in [3.05, 3.63) is 63.2 Å². The van der Waals surface area contributed by atoms with Gasteiger partial charge in [-0.3, -0.25) is 9.59 Å². The Morgan fingerprint density at radius 2 is 1.57 bits per heavy atom. The van der Waals surface area contributed by atoms with Crippen LogP contribution in [0.3, 0.4) is 0 Å². The lowest BCUT2D eigenvalue weighted by Crippen LogP contribution is -2.30. The Balaban J connectivity index is 2.21. The number of rotatable bonds is 4. The van der Waals surface area contributed by atoms with E-state index in [2.05, 4.69) is 22.6 Å². The number of amides is 1. The van der Waals surface area contributed by atoms with Gasteiger partial charge in [0, 0.05) is 14.7 Å². The minimum Gasteiger partial charge on any atom is -0.285 e. The van der Waals surface area contributed by atoms with E-state index in [0.717, 1.165) is 3.57 Å². The van der Waals surface area contributed by atoms with Gasteiger partial charge in [0.05, 0.1) is 4.90 Å². The minimum absolute atomic E-state index is 0.00844. The zero-order valence-corrected chi connectivity index (χ0v) is 13.5. The molecule has 0 aliphatic carbocycles. The summed E-state index contributed by atoms with van der Waals surface area (Å²) in [5, 5.41) is 0. The van der Waals surface area contributed by atoms with Gasteiger partial charge in [0.2, 0.25) is 6.29 Å². The maximum Gasteiger partial charge on any atom is 0.264 e. The average Bonchev–Trinajstić information content (AvgIpc) is 2.47. The molecule has 0 aliphatic heterocycles. The standard InChI is InChI=1S/C14H9INO4S/c15-12-5-7-13(8-6-12)21(19,20)16-14(18)11-3-1-10(9-17)2-4-11/h1-8H,(H,16,18). The summed E-state index contributed by atoms with van der Waals surface area (Å²) in [6.07, 6.45) is 1.67. The fourth-order valence-corrected chi connectivity index (χ4v) is 2.88. The van der Waals surface area contributed by atoms with Crippen molar-refractivity contribution >= 4 is 44.8 Å². The minimum atomic E-state index is -3.92. The van der Waals surface area contributed by atoms with E-state index in [1.54, 1.807) is 18.4 Å². The largest absolute Gasteiger partial charge is 0.285 e. The van der Waals surface area contributed by atoms with Crippen LogP contribution in [0.15, 0.2) is 53.4 Å². The Morgan fingerprint density at radius 1 is 1.00 bits per heavy atom. The maximum absolute atomic E-state index is 12.1. The van der Waals surface area contributed by atoms with Gasteiger partial charge in [-0.1, -0.05) is 12.1 Å². The van der Waals surface area contributed by atoms with Crippen molar-refractivity contribution in [3.8, 4) is 0 Å². The van der Waals surface area contributed by atoms with Crippen LogP contribution < -0.4 is 4.72 Å². The van der Waals surface area contributed by atoms with Gasteiger partial charge in [0.15, 0.2) is 0 Å². The van der Waals surface area contributed by atoms with Gasteiger partial charge in [0.1, 0.15) is 0 Å². The zero-order valence-electron chi connectivity index (χ0n) is 10.5. The summed E-state index contributed by atoms with van der Waals surface area (Å²) in [7, 11) is -3.92. The second kappa shape index (κ2) is 6.35. The Bertz CT molecular complexity index is 768. The highest BCUT2D eigenvalue weighted by Crippen LogP contribution is 2.12. The van der Waals surface area contributed by atoms with E-state index >= 15 is 0 Å². The molecule has 5 nitrogen and oxygen atoms in total. The highest BCUT2D eigenvalue weighted by atomic mass is 127. The van der Waals surface area contributed by atoms with Crippen LogP contribution in [0.25, 0.3) is 0 Å². The van der Waals surface area contributed by atoms with E-state index in [1.807, 2.05) is 4.72 Å². The van der Waals surface area contributed by atoms with Crippen LogP contribution in [-0.2, 0) is 14.8 Å². The summed E-state index contributed by atoms with van der Waals surface area (Å²) < 4.78 is 27.0. The first-order chi connectivity index (χ1) is 9.92. The van der Waals surface area contributed by atoms with Crippen molar-refractivity contribution in [2.75, 3.05) is 0 Å². The molecule has 0 aromatic heterocycles. The number of sulfonamides is 1. The molecule has 107 valence electrons. The summed E-state index contributed by atoms with van der Waals surface area (Å²) in [6, 6.07) is 11.6. The molecule has 2 rings (SSSR count). The molecule has 0 saturated heterocycles. The molecular weight excluding hydrogens is 405 g/mol. The highest BCUT2D eigenvalue weighted by molar-refractivity contribution is 14.1. The van der Waals surface area contributed by atoms with E-state index in [9.17, 15) is 18.0 Å². The molecule has 1 N–H and O–H groups in total. The van der Waals surface area contributed by atoms with Gasteiger partial charge in [0.25, 0.3) is 15.9 Å². The van der Waals surface area contributed by atoms with Crippen LogP contribution >= 0.6 is 22.6 Å². The number of halogens is 1. The number of benzene rings is 2. The first-order valence-electron chi connectivity index (χ1n) is 5.73. The van der Waals surface area contributed by atoms with Crippen LogP contribution in [0.4, 0.5) is 0 Å². The van der Waals surface area contributed by atoms with Crippen LogP contribution in [0.5, 0.6) is 0 Å². The third kappa shape index (κ3) is 3.88. The second-order valence-corrected chi connectivity index (χ2v) is 7.00. The summed E-state index contributed by atoms with van der Waals surface area (Å²) in [5.74, 6) is -0.758. The van der Waals surface area contributed by atoms with Gasteiger partial charge < -0.3 is 0 Å². The summed E-state index contributed by atoms with van der Waals surface area (Å²) in [6.45, 7) is 0. The summed E-state index contributed by atoms with van der Waals surface area (Å²) in [4.78, 5) is 22.3. The van der Waals surface area contributed by atoms with E-state index in [0.29, 0.717) is 0 Å². The van der Waals surface area contributed by atoms with Gasteiger partial charge in [-0.05, 0) is 59.0 Å². The Morgan fingerprint density at radius 3 is 2.10 bits per heavy atom. The lowest BCUT2D eigenvalue weighted by molar-refractivity contribution is 0.0981. The third-order valence-electron chi connectivity index (χ3n) is 2.62. The lowest BCUT2D eigenvalue weighted by Gasteiger charge is -2.07. The van der Waals surface area contributed by atoms with E-state index < -0.39 is 15.9 Å². The normalized spacial score (nSPS) is 10.9. The van der Waals surface area contributed by atoms with Crippen LogP contribution in [-0.4, -0.2) is 20.6 Å². The van der Waals surface area contributed by atoms with Gasteiger partial charge in [-0.2, -0.15) is 0 Å². The molecule has 1 radical (unpaired) electrons.